The maximum Gasteiger partial charge on any atom is 0.244 e. The first kappa shape index (κ1) is 15.1. The van der Waals surface area contributed by atoms with E-state index in [1.165, 1.54) is 12.4 Å². The van der Waals surface area contributed by atoms with Gasteiger partial charge in [-0.05, 0) is 19.3 Å². The van der Waals surface area contributed by atoms with E-state index in [2.05, 4.69) is 9.82 Å². The fourth-order valence-corrected chi connectivity index (χ4v) is 2.86. The van der Waals surface area contributed by atoms with Crippen LogP contribution >= 0.6 is 0 Å². The van der Waals surface area contributed by atoms with Crippen molar-refractivity contribution in [3.63, 3.8) is 0 Å². The van der Waals surface area contributed by atoms with E-state index in [1.807, 2.05) is 20.8 Å². The highest BCUT2D eigenvalue weighted by atomic mass is 32.2. The van der Waals surface area contributed by atoms with Crippen molar-refractivity contribution in [2.75, 3.05) is 6.61 Å². The Kier molecular flexibility index (Phi) is 5.30. The van der Waals surface area contributed by atoms with Crippen molar-refractivity contribution in [1.82, 2.24) is 14.5 Å². The Balaban J connectivity index is 2.80. The lowest BCUT2D eigenvalue weighted by Gasteiger charge is -2.17. The first-order chi connectivity index (χ1) is 8.39. The Bertz CT molecular complexity index is 468. The van der Waals surface area contributed by atoms with E-state index in [4.69, 9.17) is 0 Å². The molecule has 0 saturated heterocycles. The lowest BCUT2D eigenvalue weighted by Crippen LogP contribution is -2.38. The van der Waals surface area contributed by atoms with Gasteiger partial charge in [0.05, 0.1) is 12.8 Å². The van der Waals surface area contributed by atoms with Crippen LogP contribution in [0.2, 0.25) is 0 Å². The Hall–Kier alpha value is -0.920. The van der Waals surface area contributed by atoms with E-state index in [9.17, 15) is 13.5 Å². The van der Waals surface area contributed by atoms with Crippen LogP contribution in [0.3, 0.4) is 0 Å². The summed E-state index contributed by atoms with van der Waals surface area (Å²) in [6.07, 6.45) is 3.39. The predicted molar refractivity (Wildman–Crippen MR) is 68.6 cm³/mol. The van der Waals surface area contributed by atoms with Gasteiger partial charge in [0.1, 0.15) is 4.90 Å². The van der Waals surface area contributed by atoms with E-state index in [1.54, 1.807) is 4.68 Å². The molecule has 1 aromatic heterocycles. The van der Waals surface area contributed by atoms with E-state index >= 15 is 0 Å². The molecule has 104 valence electrons. The van der Waals surface area contributed by atoms with Crippen molar-refractivity contribution >= 4 is 10.0 Å². The third-order valence-corrected chi connectivity index (χ3v) is 4.02. The molecule has 1 atom stereocenters. The van der Waals surface area contributed by atoms with Gasteiger partial charge in [0.2, 0.25) is 10.0 Å². The van der Waals surface area contributed by atoms with Crippen LogP contribution in [-0.2, 0) is 16.6 Å². The molecule has 6 nitrogen and oxygen atoms in total. The number of nitrogens with one attached hydrogen (secondary N) is 1. The number of aryl methyl sites for hydroxylation is 1. The lowest BCUT2D eigenvalue weighted by molar-refractivity contribution is 0.240. The summed E-state index contributed by atoms with van der Waals surface area (Å²) in [5.41, 5.74) is 0. The van der Waals surface area contributed by atoms with Crippen molar-refractivity contribution in [2.24, 2.45) is 5.92 Å². The minimum absolute atomic E-state index is 0.131. The number of nitrogens with zero attached hydrogens (tertiary/aromatic N) is 2. The summed E-state index contributed by atoms with van der Waals surface area (Å²) in [5.74, 6) is 0.309. The molecule has 0 aliphatic carbocycles. The van der Waals surface area contributed by atoms with Crippen LogP contribution in [0.15, 0.2) is 17.3 Å². The molecule has 0 radical (unpaired) electrons. The minimum Gasteiger partial charge on any atom is -0.395 e. The number of aromatic nitrogens is 2. The smallest absolute Gasteiger partial charge is 0.244 e. The van der Waals surface area contributed by atoms with E-state index in [-0.39, 0.29) is 11.5 Å². The van der Waals surface area contributed by atoms with Crippen molar-refractivity contribution < 1.29 is 13.5 Å². The number of rotatable bonds is 7. The third kappa shape index (κ3) is 4.08. The summed E-state index contributed by atoms with van der Waals surface area (Å²) in [6, 6.07) is -0.458. The van der Waals surface area contributed by atoms with Crippen molar-refractivity contribution in [3.05, 3.63) is 12.4 Å². The highest BCUT2D eigenvalue weighted by Crippen LogP contribution is 2.11. The van der Waals surface area contributed by atoms with Crippen molar-refractivity contribution in [2.45, 2.75) is 44.7 Å². The summed E-state index contributed by atoms with van der Waals surface area (Å²) in [7, 11) is -3.60. The maximum atomic E-state index is 12.0. The van der Waals surface area contributed by atoms with Crippen LogP contribution in [-0.4, -0.2) is 36.0 Å². The summed E-state index contributed by atoms with van der Waals surface area (Å²) in [4.78, 5) is 0.131. The van der Waals surface area contributed by atoms with Gasteiger partial charge in [-0.3, -0.25) is 4.68 Å². The molecule has 0 amide bonds. The van der Waals surface area contributed by atoms with Gasteiger partial charge in [0, 0.05) is 18.8 Å². The van der Waals surface area contributed by atoms with Crippen LogP contribution in [0.5, 0.6) is 0 Å². The molecule has 18 heavy (non-hydrogen) atoms. The summed E-state index contributed by atoms with van der Waals surface area (Å²) in [6.45, 7) is 6.24. The Morgan fingerprint density at radius 2 is 2.17 bits per heavy atom. The van der Waals surface area contributed by atoms with Gasteiger partial charge in [-0.2, -0.15) is 5.10 Å². The second-order valence-corrected chi connectivity index (χ2v) is 6.38. The maximum absolute atomic E-state index is 12.0. The number of aliphatic hydroxyl groups excluding tert-OH is 1. The molecule has 0 aromatic carbocycles. The topological polar surface area (TPSA) is 84.2 Å². The Morgan fingerprint density at radius 3 is 2.61 bits per heavy atom. The molecular formula is C11H21N3O3S. The molecule has 1 rings (SSSR count). The quantitative estimate of drug-likeness (QED) is 0.762. The van der Waals surface area contributed by atoms with Crippen LogP contribution < -0.4 is 4.72 Å². The predicted octanol–water partition coefficient (Wildman–Crippen LogP) is 0.588. The molecule has 0 fully saturated rings. The zero-order valence-electron chi connectivity index (χ0n) is 11.0. The van der Waals surface area contributed by atoms with Gasteiger partial charge in [-0.15, -0.1) is 0 Å². The second kappa shape index (κ2) is 6.31. The summed E-state index contributed by atoms with van der Waals surface area (Å²) < 4.78 is 28.1. The molecule has 1 aromatic rings. The van der Waals surface area contributed by atoms with Crippen molar-refractivity contribution in [3.8, 4) is 0 Å². The summed E-state index contributed by atoms with van der Waals surface area (Å²) in [5, 5.41) is 13.1. The van der Waals surface area contributed by atoms with Gasteiger partial charge in [-0.25, -0.2) is 13.1 Å². The number of hydrogen-bond donors (Lipinski definition) is 2. The molecule has 0 unspecified atom stereocenters. The van der Waals surface area contributed by atoms with E-state index < -0.39 is 16.1 Å². The number of aliphatic hydroxyl groups is 1. The zero-order chi connectivity index (χ0) is 13.8. The molecule has 0 aliphatic heterocycles. The Morgan fingerprint density at radius 1 is 1.50 bits per heavy atom. The standard InChI is InChI=1S/C11H21N3O3S/c1-4-14-7-11(6-12-14)18(16,17)13-10(8-15)5-9(2)3/h6-7,9-10,13,15H,4-5,8H2,1-3H3/t10-/m0/s1. The molecule has 7 heteroatoms. The molecule has 1 heterocycles. The average Bonchev–Trinajstić information content (AvgIpc) is 2.76. The zero-order valence-corrected chi connectivity index (χ0v) is 11.8. The molecule has 0 bridgehead atoms. The van der Waals surface area contributed by atoms with Gasteiger partial charge >= 0.3 is 0 Å². The number of sulfonamides is 1. The molecular weight excluding hydrogens is 254 g/mol. The average molecular weight is 275 g/mol. The van der Waals surface area contributed by atoms with Crippen LogP contribution in [0, 0.1) is 5.92 Å². The van der Waals surface area contributed by atoms with Gasteiger partial charge in [0.25, 0.3) is 0 Å². The minimum atomic E-state index is -3.60. The molecule has 0 aliphatic rings. The fraction of sp³-hybridized carbons (Fsp3) is 0.727. The molecule has 0 spiro atoms. The van der Waals surface area contributed by atoms with Gasteiger partial charge < -0.3 is 5.11 Å². The van der Waals surface area contributed by atoms with Crippen molar-refractivity contribution in [1.29, 1.82) is 0 Å². The van der Waals surface area contributed by atoms with Crippen LogP contribution in [0.25, 0.3) is 0 Å². The summed E-state index contributed by atoms with van der Waals surface area (Å²) >= 11 is 0. The highest BCUT2D eigenvalue weighted by molar-refractivity contribution is 7.89. The van der Waals surface area contributed by atoms with E-state index in [0.717, 1.165) is 0 Å². The molecule has 0 saturated carbocycles. The third-order valence-electron chi connectivity index (χ3n) is 2.54. The second-order valence-electron chi connectivity index (χ2n) is 4.66. The molecule has 2 N–H and O–H groups in total. The fourth-order valence-electron chi connectivity index (χ4n) is 1.67. The Labute approximate surface area is 108 Å². The van der Waals surface area contributed by atoms with Crippen LogP contribution in [0.4, 0.5) is 0 Å². The largest absolute Gasteiger partial charge is 0.395 e. The lowest BCUT2D eigenvalue weighted by atomic mass is 10.1. The highest BCUT2D eigenvalue weighted by Gasteiger charge is 2.21. The number of hydrogen-bond acceptors (Lipinski definition) is 4. The van der Waals surface area contributed by atoms with E-state index in [0.29, 0.717) is 18.9 Å². The SMILES string of the molecule is CCn1cc(S(=O)(=O)N[C@H](CO)CC(C)C)cn1. The van der Waals surface area contributed by atoms with Gasteiger partial charge in [0.15, 0.2) is 0 Å². The normalized spacial score (nSPS) is 14.1. The van der Waals surface area contributed by atoms with Crippen LogP contribution in [0.1, 0.15) is 27.2 Å². The monoisotopic (exact) mass is 275 g/mol. The first-order valence-corrected chi connectivity index (χ1v) is 7.53. The first-order valence-electron chi connectivity index (χ1n) is 6.04. The van der Waals surface area contributed by atoms with Gasteiger partial charge in [-0.1, -0.05) is 13.8 Å².